The number of aliphatic hydroxyl groups is 1. The molecule has 5 rings (SSSR count). The normalized spacial score (nSPS) is 18.9. The van der Waals surface area contributed by atoms with Crippen molar-refractivity contribution in [1.82, 2.24) is 5.32 Å². The number of aliphatic hydroxyl groups excluding tert-OH is 1. The smallest absolute Gasteiger partial charge is 0.326 e. The van der Waals surface area contributed by atoms with Crippen LogP contribution >= 0.6 is 11.6 Å². The van der Waals surface area contributed by atoms with Crippen molar-refractivity contribution in [1.29, 1.82) is 0 Å². The van der Waals surface area contributed by atoms with Crippen LogP contribution in [0.5, 0.6) is 0 Å². The molecule has 162 valence electrons. The Bertz CT molecular complexity index is 1280. The highest BCUT2D eigenvalue weighted by Crippen LogP contribution is 2.41. The summed E-state index contributed by atoms with van der Waals surface area (Å²) in [5.74, 6) is -1.55. The highest BCUT2D eigenvalue weighted by Gasteiger charge is 2.37. The lowest BCUT2D eigenvalue weighted by Gasteiger charge is -2.21. The number of hydrogen-bond acceptors (Lipinski definition) is 3. The van der Waals surface area contributed by atoms with Crippen molar-refractivity contribution in [3.63, 3.8) is 0 Å². The second-order valence-corrected chi connectivity index (χ2v) is 7.98. The van der Waals surface area contributed by atoms with Crippen LogP contribution in [0.25, 0.3) is 0 Å². The van der Waals surface area contributed by atoms with E-state index < -0.39 is 35.7 Å². The third kappa shape index (κ3) is 3.19. The van der Waals surface area contributed by atoms with Gasteiger partial charge < -0.3 is 15.7 Å². The number of β-amino-alcohol motifs (C(OH)–C–C–N with tert-alkyl or cyclic N) is 1. The summed E-state index contributed by atoms with van der Waals surface area (Å²) in [5, 5.41) is 16.0. The van der Waals surface area contributed by atoms with Gasteiger partial charge in [-0.05, 0) is 36.4 Å². The molecule has 0 bridgehead atoms. The summed E-state index contributed by atoms with van der Waals surface area (Å²) >= 11 is 6.26. The molecule has 0 saturated carbocycles. The monoisotopic (exact) mass is 455 g/mol. The number of benzene rings is 3. The molecular weight excluding hydrogens is 440 g/mol. The lowest BCUT2D eigenvalue weighted by molar-refractivity contribution is 0.0960. The Morgan fingerprint density at radius 2 is 1.91 bits per heavy atom. The highest BCUT2D eigenvalue weighted by atomic mass is 35.5. The van der Waals surface area contributed by atoms with Crippen LogP contribution in [0.15, 0.2) is 54.6 Å². The first-order valence-electron chi connectivity index (χ1n) is 9.79. The summed E-state index contributed by atoms with van der Waals surface area (Å²) in [6.07, 6.45) is -1.02. The predicted octanol–water partition coefficient (Wildman–Crippen LogP) is 4.54. The van der Waals surface area contributed by atoms with Crippen LogP contribution in [-0.4, -0.2) is 23.6 Å². The fourth-order valence-electron chi connectivity index (χ4n) is 4.25. The molecule has 0 saturated heterocycles. The number of anilines is 2. The zero-order valence-corrected chi connectivity index (χ0v) is 17.2. The molecule has 9 heteroatoms. The van der Waals surface area contributed by atoms with Gasteiger partial charge in [-0.1, -0.05) is 29.8 Å². The number of fused-ring (bicyclic) bond motifs is 2. The van der Waals surface area contributed by atoms with Gasteiger partial charge in [0.05, 0.1) is 24.4 Å². The quantitative estimate of drug-likeness (QED) is 0.530. The third-order valence-electron chi connectivity index (χ3n) is 5.67. The zero-order valence-electron chi connectivity index (χ0n) is 16.4. The molecule has 2 atom stereocenters. The molecule has 3 amide bonds. The van der Waals surface area contributed by atoms with Gasteiger partial charge in [-0.15, -0.1) is 0 Å². The van der Waals surface area contributed by atoms with Crippen molar-refractivity contribution in [2.24, 2.45) is 0 Å². The first kappa shape index (κ1) is 20.4. The van der Waals surface area contributed by atoms with Gasteiger partial charge in [0.25, 0.3) is 5.91 Å². The molecule has 3 aromatic carbocycles. The minimum absolute atomic E-state index is 0.00371. The number of rotatable bonds is 2. The van der Waals surface area contributed by atoms with Gasteiger partial charge in [-0.3, -0.25) is 9.69 Å². The van der Waals surface area contributed by atoms with Crippen molar-refractivity contribution in [2.75, 3.05) is 16.8 Å². The lowest BCUT2D eigenvalue weighted by Crippen LogP contribution is -2.35. The number of hydrogen-bond donors (Lipinski definition) is 3. The van der Waals surface area contributed by atoms with E-state index in [2.05, 4.69) is 10.6 Å². The predicted molar refractivity (Wildman–Crippen MR) is 115 cm³/mol. The SMILES string of the molecule is O=C1N[C@H](c2cc(F)ccc2Cl)c2c(NC(=O)N3C[C@@H](O)c4cccc(F)c43)cccc21. The molecule has 2 aliphatic rings. The molecule has 2 heterocycles. The van der Waals surface area contributed by atoms with E-state index in [1.807, 2.05) is 0 Å². The van der Waals surface area contributed by atoms with Crippen LogP contribution in [0.3, 0.4) is 0 Å². The van der Waals surface area contributed by atoms with Crippen molar-refractivity contribution >= 4 is 34.9 Å². The molecule has 32 heavy (non-hydrogen) atoms. The van der Waals surface area contributed by atoms with E-state index in [-0.39, 0.29) is 22.9 Å². The Morgan fingerprint density at radius 3 is 2.72 bits per heavy atom. The number of nitrogens with zero attached hydrogens (tertiary/aromatic N) is 1. The summed E-state index contributed by atoms with van der Waals surface area (Å²) in [7, 11) is 0. The molecule has 0 radical (unpaired) electrons. The van der Waals surface area contributed by atoms with E-state index >= 15 is 0 Å². The summed E-state index contributed by atoms with van der Waals surface area (Å²) in [6.45, 7) is -0.118. The summed E-state index contributed by atoms with van der Waals surface area (Å²) < 4.78 is 28.3. The van der Waals surface area contributed by atoms with Crippen LogP contribution in [-0.2, 0) is 0 Å². The molecule has 2 aliphatic heterocycles. The maximum Gasteiger partial charge on any atom is 0.326 e. The van der Waals surface area contributed by atoms with Gasteiger partial charge >= 0.3 is 6.03 Å². The fraction of sp³-hybridized carbons (Fsp3) is 0.130. The number of urea groups is 1. The second kappa shape index (κ2) is 7.58. The Labute approximate surface area is 186 Å². The first-order chi connectivity index (χ1) is 15.3. The number of para-hydroxylation sites is 1. The Hall–Kier alpha value is -3.49. The van der Waals surface area contributed by atoms with Gasteiger partial charge in [0.1, 0.15) is 11.6 Å². The fourth-order valence-corrected chi connectivity index (χ4v) is 4.48. The maximum atomic E-state index is 14.4. The van der Waals surface area contributed by atoms with Crippen LogP contribution in [0.1, 0.15) is 39.2 Å². The standard InChI is InChI=1S/C23H16ClF2N3O3/c24-15-8-7-11(25)9-14(15)20-19-13(22(31)28-20)4-2-6-17(19)27-23(32)29-10-18(30)12-3-1-5-16(26)21(12)29/h1-9,18,20,30H,10H2,(H,27,32)(H,28,31)/t18-,20-/m1/s1. The summed E-state index contributed by atoms with van der Waals surface area (Å²) in [5.41, 5.74) is 1.68. The minimum Gasteiger partial charge on any atom is -0.386 e. The lowest BCUT2D eigenvalue weighted by atomic mass is 9.96. The average molecular weight is 456 g/mol. The number of carbonyl (C=O) groups excluding carboxylic acids is 2. The van der Waals surface area contributed by atoms with E-state index in [1.54, 1.807) is 24.3 Å². The van der Waals surface area contributed by atoms with Crippen molar-refractivity contribution in [3.8, 4) is 0 Å². The van der Waals surface area contributed by atoms with Gasteiger partial charge in [0.15, 0.2) is 0 Å². The van der Waals surface area contributed by atoms with Crippen molar-refractivity contribution < 1.29 is 23.5 Å². The molecule has 0 spiro atoms. The number of carbonyl (C=O) groups is 2. The number of amides is 3. The Morgan fingerprint density at radius 1 is 1.12 bits per heavy atom. The number of nitrogens with one attached hydrogen (secondary N) is 2. The highest BCUT2D eigenvalue weighted by molar-refractivity contribution is 6.31. The molecule has 0 unspecified atom stereocenters. The van der Waals surface area contributed by atoms with Gasteiger partial charge in [-0.2, -0.15) is 0 Å². The maximum absolute atomic E-state index is 14.4. The largest absolute Gasteiger partial charge is 0.386 e. The minimum atomic E-state index is -1.02. The Balaban J connectivity index is 1.53. The molecule has 0 aliphatic carbocycles. The second-order valence-electron chi connectivity index (χ2n) is 7.57. The van der Waals surface area contributed by atoms with E-state index in [4.69, 9.17) is 11.6 Å². The van der Waals surface area contributed by atoms with Crippen molar-refractivity contribution in [3.05, 3.63) is 93.5 Å². The van der Waals surface area contributed by atoms with E-state index in [1.165, 1.54) is 30.3 Å². The average Bonchev–Trinajstić information content (AvgIpc) is 3.29. The molecule has 3 aromatic rings. The zero-order chi connectivity index (χ0) is 22.6. The molecular formula is C23H16ClF2N3O3. The van der Waals surface area contributed by atoms with Crippen LogP contribution < -0.4 is 15.5 Å². The van der Waals surface area contributed by atoms with Gasteiger partial charge in [0.2, 0.25) is 0 Å². The molecule has 0 aromatic heterocycles. The molecule has 6 nitrogen and oxygen atoms in total. The van der Waals surface area contributed by atoms with Crippen LogP contribution in [0.4, 0.5) is 25.0 Å². The number of halogens is 3. The first-order valence-corrected chi connectivity index (χ1v) is 10.2. The van der Waals surface area contributed by atoms with Gasteiger partial charge in [0, 0.05) is 33.0 Å². The third-order valence-corrected chi connectivity index (χ3v) is 6.02. The summed E-state index contributed by atoms with van der Waals surface area (Å²) in [6, 6.07) is 11.4. The van der Waals surface area contributed by atoms with Crippen LogP contribution in [0.2, 0.25) is 5.02 Å². The van der Waals surface area contributed by atoms with E-state index in [0.29, 0.717) is 22.3 Å². The van der Waals surface area contributed by atoms with Crippen molar-refractivity contribution in [2.45, 2.75) is 12.1 Å². The summed E-state index contributed by atoms with van der Waals surface area (Å²) in [4.78, 5) is 26.7. The van der Waals surface area contributed by atoms with Crippen LogP contribution in [0, 0.1) is 11.6 Å². The van der Waals surface area contributed by atoms with E-state index in [9.17, 15) is 23.5 Å². The molecule has 3 N–H and O–H groups in total. The van der Waals surface area contributed by atoms with Gasteiger partial charge in [-0.25, -0.2) is 13.6 Å². The van der Waals surface area contributed by atoms with E-state index in [0.717, 1.165) is 4.90 Å². The Kier molecular flexibility index (Phi) is 4.83. The topological polar surface area (TPSA) is 81.7 Å². The molecule has 0 fully saturated rings.